The molecule has 0 aromatic rings. The first-order valence-electron chi connectivity index (χ1n) is 6.01. The SMILES string of the molecule is CCN(CC(C)C#N)C(=O)N[C@@H](C(=O)O)C(C)C. The Bertz CT molecular complexity index is 336. The molecule has 0 radical (unpaired) electrons. The molecular formula is C12H21N3O3. The number of hydrogen-bond acceptors (Lipinski definition) is 3. The van der Waals surface area contributed by atoms with Gasteiger partial charge < -0.3 is 15.3 Å². The number of amides is 2. The zero-order chi connectivity index (χ0) is 14.3. The molecule has 2 amide bonds. The summed E-state index contributed by atoms with van der Waals surface area (Å²) in [6.07, 6.45) is 0. The fourth-order valence-corrected chi connectivity index (χ4v) is 1.46. The second kappa shape index (κ2) is 7.54. The van der Waals surface area contributed by atoms with Crippen LogP contribution in [0.3, 0.4) is 0 Å². The summed E-state index contributed by atoms with van der Waals surface area (Å²) in [6, 6.07) is 0.689. The first-order chi connectivity index (χ1) is 8.33. The highest BCUT2D eigenvalue weighted by atomic mass is 16.4. The summed E-state index contributed by atoms with van der Waals surface area (Å²) < 4.78 is 0. The smallest absolute Gasteiger partial charge is 0.326 e. The molecule has 0 fully saturated rings. The molecule has 6 heteroatoms. The topological polar surface area (TPSA) is 93.4 Å². The van der Waals surface area contributed by atoms with Crippen molar-refractivity contribution in [2.24, 2.45) is 11.8 Å². The van der Waals surface area contributed by atoms with Gasteiger partial charge in [-0.05, 0) is 19.8 Å². The molecule has 0 heterocycles. The molecule has 0 rings (SSSR count). The predicted octanol–water partition coefficient (Wildman–Crippen LogP) is 1.29. The largest absolute Gasteiger partial charge is 0.480 e. The van der Waals surface area contributed by atoms with Crippen molar-refractivity contribution in [1.29, 1.82) is 5.26 Å². The zero-order valence-corrected chi connectivity index (χ0v) is 11.3. The molecule has 0 aliphatic heterocycles. The summed E-state index contributed by atoms with van der Waals surface area (Å²) in [5.74, 6) is -1.53. The van der Waals surface area contributed by atoms with Crippen molar-refractivity contribution in [2.45, 2.75) is 33.7 Å². The third-order valence-corrected chi connectivity index (χ3v) is 2.60. The maximum atomic E-state index is 11.9. The van der Waals surface area contributed by atoms with Gasteiger partial charge in [-0.1, -0.05) is 13.8 Å². The van der Waals surface area contributed by atoms with Crippen molar-refractivity contribution in [1.82, 2.24) is 10.2 Å². The molecule has 0 aromatic carbocycles. The monoisotopic (exact) mass is 255 g/mol. The van der Waals surface area contributed by atoms with Gasteiger partial charge in [0.2, 0.25) is 0 Å². The number of nitrogens with zero attached hydrogens (tertiary/aromatic N) is 2. The molecule has 2 atom stereocenters. The van der Waals surface area contributed by atoms with Crippen LogP contribution in [0, 0.1) is 23.2 Å². The number of nitrogens with one attached hydrogen (secondary N) is 1. The molecule has 102 valence electrons. The van der Waals surface area contributed by atoms with Crippen LogP contribution in [0.5, 0.6) is 0 Å². The summed E-state index contributed by atoms with van der Waals surface area (Å²) in [7, 11) is 0. The normalized spacial score (nSPS) is 13.6. The van der Waals surface area contributed by atoms with Gasteiger partial charge in [-0.3, -0.25) is 0 Å². The van der Waals surface area contributed by atoms with Crippen LogP contribution in [0.4, 0.5) is 4.79 Å². The van der Waals surface area contributed by atoms with E-state index in [9.17, 15) is 9.59 Å². The van der Waals surface area contributed by atoms with Gasteiger partial charge in [-0.15, -0.1) is 0 Å². The molecule has 0 aliphatic carbocycles. The van der Waals surface area contributed by atoms with E-state index in [0.717, 1.165) is 0 Å². The van der Waals surface area contributed by atoms with Gasteiger partial charge in [-0.2, -0.15) is 5.26 Å². The number of hydrogen-bond donors (Lipinski definition) is 2. The minimum absolute atomic E-state index is 0.196. The lowest BCUT2D eigenvalue weighted by molar-refractivity contribution is -0.140. The predicted molar refractivity (Wildman–Crippen MR) is 66.8 cm³/mol. The van der Waals surface area contributed by atoms with E-state index in [4.69, 9.17) is 10.4 Å². The number of carbonyl (C=O) groups is 2. The van der Waals surface area contributed by atoms with E-state index in [2.05, 4.69) is 5.32 Å². The maximum absolute atomic E-state index is 11.9. The molecule has 0 aromatic heterocycles. The Balaban J connectivity index is 4.61. The Morgan fingerprint density at radius 2 is 1.94 bits per heavy atom. The summed E-state index contributed by atoms with van der Waals surface area (Å²) in [5.41, 5.74) is 0. The Morgan fingerprint density at radius 1 is 1.39 bits per heavy atom. The molecule has 6 nitrogen and oxygen atoms in total. The lowest BCUT2D eigenvalue weighted by Crippen LogP contribution is -2.50. The van der Waals surface area contributed by atoms with Gasteiger partial charge in [0.05, 0.1) is 12.0 Å². The molecule has 0 bridgehead atoms. The molecule has 18 heavy (non-hydrogen) atoms. The van der Waals surface area contributed by atoms with Gasteiger partial charge in [-0.25, -0.2) is 9.59 Å². The van der Waals surface area contributed by atoms with Crippen LogP contribution in [0.1, 0.15) is 27.7 Å². The lowest BCUT2D eigenvalue weighted by Gasteiger charge is -2.26. The van der Waals surface area contributed by atoms with Gasteiger partial charge in [0.1, 0.15) is 6.04 Å². The highest BCUT2D eigenvalue weighted by Gasteiger charge is 2.25. The Morgan fingerprint density at radius 3 is 2.28 bits per heavy atom. The van der Waals surface area contributed by atoms with E-state index in [1.165, 1.54) is 4.90 Å². The van der Waals surface area contributed by atoms with Crippen LogP contribution in [0.15, 0.2) is 0 Å². The number of carbonyl (C=O) groups excluding carboxylic acids is 1. The minimum atomic E-state index is -1.05. The standard InChI is InChI=1S/C12H21N3O3/c1-5-15(7-9(4)6-13)12(18)14-10(8(2)3)11(16)17/h8-10H,5,7H2,1-4H3,(H,14,18)(H,16,17)/t9?,10-/m1/s1. The van der Waals surface area contributed by atoms with Crippen molar-refractivity contribution in [3.05, 3.63) is 0 Å². The van der Waals surface area contributed by atoms with Crippen molar-refractivity contribution in [3.8, 4) is 6.07 Å². The highest BCUT2D eigenvalue weighted by Crippen LogP contribution is 2.04. The fourth-order valence-electron chi connectivity index (χ4n) is 1.46. The molecular weight excluding hydrogens is 234 g/mol. The van der Waals surface area contributed by atoms with Crippen LogP contribution < -0.4 is 5.32 Å². The van der Waals surface area contributed by atoms with E-state index in [1.54, 1.807) is 27.7 Å². The zero-order valence-electron chi connectivity index (χ0n) is 11.3. The maximum Gasteiger partial charge on any atom is 0.326 e. The number of nitriles is 1. The first kappa shape index (κ1) is 16.2. The van der Waals surface area contributed by atoms with Crippen LogP contribution in [0.2, 0.25) is 0 Å². The third kappa shape index (κ3) is 5.04. The van der Waals surface area contributed by atoms with E-state index < -0.39 is 18.0 Å². The van der Waals surface area contributed by atoms with Gasteiger partial charge in [0.15, 0.2) is 0 Å². The van der Waals surface area contributed by atoms with Gasteiger partial charge in [0, 0.05) is 13.1 Å². The van der Waals surface area contributed by atoms with Crippen LogP contribution in [0.25, 0.3) is 0 Å². The molecule has 0 aliphatic rings. The number of carboxylic acids is 1. The number of aliphatic carboxylic acids is 1. The number of urea groups is 1. The molecule has 0 saturated carbocycles. The molecule has 2 N–H and O–H groups in total. The van der Waals surface area contributed by atoms with Crippen LogP contribution in [-0.2, 0) is 4.79 Å². The van der Waals surface area contributed by atoms with Crippen molar-refractivity contribution < 1.29 is 14.7 Å². The van der Waals surface area contributed by atoms with Crippen LogP contribution in [-0.4, -0.2) is 41.1 Å². The molecule has 1 unspecified atom stereocenters. The Labute approximate surface area is 108 Å². The number of rotatable bonds is 6. The van der Waals surface area contributed by atoms with Crippen molar-refractivity contribution in [3.63, 3.8) is 0 Å². The fraction of sp³-hybridized carbons (Fsp3) is 0.750. The first-order valence-corrected chi connectivity index (χ1v) is 6.01. The summed E-state index contributed by atoms with van der Waals surface area (Å²) in [5, 5.41) is 20.2. The van der Waals surface area contributed by atoms with Gasteiger partial charge in [0.25, 0.3) is 0 Å². The average Bonchev–Trinajstić information content (AvgIpc) is 2.31. The second-order valence-corrected chi connectivity index (χ2v) is 4.58. The minimum Gasteiger partial charge on any atom is -0.480 e. The lowest BCUT2D eigenvalue weighted by atomic mass is 10.1. The van der Waals surface area contributed by atoms with Crippen molar-refractivity contribution >= 4 is 12.0 Å². The van der Waals surface area contributed by atoms with E-state index in [0.29, 0.717) is 13.1 Å². The number of carboxylic acid groups (broad SMARTS) is 1. The Hall–Kier alpha value is -1.77. The van der Waals surface area contributed by atoms with Gasteiger partial charge >= 0.3 is 12.0 Å². The van der Waals surface area contributed by atoms with E-state index in [1.807, 2.05) is 6.07 Å². The summed E-state index contributed by atoms with van der Waals surface area (Å²) >= 11 is 0. The summed E-state index contributed by atoms with van der Waals surface area (Å²) in [4.78, 5) is 24.3. The third-order valence-electron chi connectivity index (χ3n) is 2.60. The molecule has 0 spiro atoms. The summed E-state index contributed by atoms with van der Waals surface area (Å²) in [6.45, 7) is 7.69. The Kier molecular flexibility index (Phi) is 6.79. The van der Waals surface area contributed by atoms with Crippen LogP contribution >= 0.6 is 0 Å². The molecule has 0 saturated heterocycles. The van der Waals surface area contributed by atoms with E-state index >= 15 is 0 Å². The second-order valence-electron chi connectivity index (χ2n) is 4.58. The highest BCUT2D eigenvalue weighted by molar-refractivity contribution is 5.82. The quantitative estimate of drug-likeness (QED) is 0.747. The van der Waals surface area contributed by atoms with E-state index in [-0.39, 0.29) is 11.8 Å². The van der Waals surface area contributed by atoms with Crippen molar-refractivity contribution in [2.75, 3.05) is 13.1 Å². The average molecular weight is 255 g/mol.